The van der Waals surface area contributed by atoms with Crippen molar-refractivity contribution in [2.45, 2.75) is 12.5 Å². The second kappa shape index (κ2) is 7.92. The van der Waals surface area contributed by atoms with Gasteiger partial charge >= 0.3 is 5.97 Å². The zero-order valence-electron chi connectivity index (χ0n) is 14.4. The van der Waals surface area contributed by atoms with Crippen LogP contribution < -0.4 is 5.32 Å². The zero-order valence-corrected chi connectivity index (χ0v) is 15.2. The van der Waals surface area contributed by atoms with Crippen LogP contribution in [0.3, 0.4) is 0 Å². The summed E-state index contributed by atoms with van der Waals surface area (Å²) >= 11 is 1.35. The first kappa shape index (κ1) is 17.8. The molecule has 7 nitrogen and oxygen atoms in total. The summed E-state index contributed by atoms with van der Waals surface area (Å²) in [4.78, 5) is 28.9. The first-order valence-electron chi connectivity index (χ1n) is 7.94. The van der Waals surface area contributed by atoms with Crippen LogP contribution in [0.25, 0.3) is 10.6 Å². The highest BCUT2D eigenvalue weighted by molar-refractivity contribution is 7.13. The van der Waals surface area contributed by atoms with Gasteiger partial charge in [-0.25, -0.2) is 9.78 Å². The molecule has 2 heterocycles. The fraction of sp³-hybridized carbons (Fsp3) is 0.222. The predicted octanol–water partition coefficient (Wildman–Crippen LogP) is 2.06. The molecule has 0 unspecified atom stereocenters. The van der Waals surface area contributed by atoms with Crippen molar-refractivity contribution in [3.8, 4) is 10.6 Å². The second-order valence-electron chi connectivity index (χ2n) is 5.68. The van der Waals surface area contributed by atoms with E-state index < -0.39 is 17.9 Å². The lowest BCUT2D eigenvalue weighted by Gasteiger charge is -2.16. The average Bonchev–Trinajstić information content (AvgIpc) is 3.30. The average molecular weight is 370 g/mol. The summed E-state index contributed by atoms with van der Waals surface area (Å²) in [6.07, 6.45) is 3.86. The Hall–Kier alpha value is -3.00. The van der Waals surface area contributed by atoms with Gasteiger partial charge < -0.3 is 10.1 Å². The third-order valence-electron chi connectivity index (χ3n) is 3.76. The van der Waals surface area contributed by atoms with Crippen molar-refractivity contribution in [1.29, 1.82) is 0 Å². The van der Waals surface area contributed by atoms with Gasteiger partial charge in [0.2, 0.25) is 0 Å². The molecule has 0 spiro atoms. The molecule has 134 valence electrons. The van der Waals surface area contributed by atoms with Gasteiger partial charge in [0.25, 0.3) is 5.91 Å². The molecule has 1 N–H and O–H groups in total. The smallest absolute Gasteiger partial charge is 0.328 e. The van der Waals surface area contributed by atoms with Crippen LogP contribution in [0.15, 0.2) is 48.1 Å². The molecule has 0 aliphatic heterocycles. The largest absolute Gasteiger partial charge is 0.467 e. The summed E-state index contributed by atoms with van der Waals surface area (Å²) in [6.45, 7) is 0. The van der Waals surface area contributed by atoms with Crippen LogP contribution in [-0.4, -0.2) is 39.8 Å². The molecule has 8 heteroatoms. The lowest BCUT2D eigenvalue weighted by molar-refractivity contribution is -0.142. The van der Waals surface area contributed by atoms with E-state index in [9.17, 15) is 9.59 Å². The van der Waals surface area contributed by atoms with E-state index in [4.69, 9.17) is 4.74 Å². The zero-order chi connectivity index (χ0) is 18.5. The fourth-order valence-corrected chi connectivity index (χ4v) is 3.24. The van der Waals surface area contributed by atoms with Gasteiger partial charge in [-0.05, 0) is 5.56 Å². The Labute approximate surface area is 154 Å². The quantitative estimate of drug-likeness (QED) is 0.671. The highest BCUT2D eigenvalue weighted by Gasteiger charge is 2.24. The Balaban J connectivity index is 1.73. The number of aromatic nitrogens is 3. The standard InChI is InChI=1S/C18H18N4O3S/c1-22-10-13(9-19-22)17-21-15(11-26-17)16(23)20-14(18(24)25-2)8-12-6-4-3-5-7-12/h3-7,9-11,14H,8H2,1-2H3,(H,20,23)/t14-/m1/s1. The van der Waals surface area contributed by atoms with Gasteiger partial charge in [-0.2, -0.15) is 5.10 Å². The number of ether oxygens (including phenoxy) is 1. The number of carbonyl (C=O) groups excluding carboxylic acids is 2. The summed E-state index contributed by atoms with van der Waals surface area (Å²) in [5.41, 5.74) is 2.03. The summed E-state index contributed by atoms with van der Waals surface area (Å²) in [5, 5.41) is 9.17. The van der Waals surface area contributed by atoms with E-state index in [1.165, 1.54) is 18.4 Å². The number of methoxy groups -OCH3 is 1. The van der Waals surface area contributed by atoms with Crippen molar-refractivity contribution < 1.29 is 14.3 Å². The molecule has 1 amide bonds. The van der Waals surface area contributed by atoms with Crippen molar-refractivity contribution in [3.05, 3.63) is 59.4 Å². The van der Waals surface area contributed by atoms with Crippen LogP contribution in [0, 0.1) is 0 Å². The van der Waals surface area contributed by atoms with E-state index in [1.54, 1.807) is 16.3 Å². The molecular formula is C18H18N4O3S. The Morgan fingerprint density at radius 2 is 2.08 bits per heavy atom. The van der Waals surface area contributed by atoms with Crippen LogP contribution in [0.5, 0.6) is 0 Å². The highest BCUT2D eigenvalue weighted by atomic mass is 32.1. The molecule has 0 radical (unpaired) electrons. The SMILES string of the molecule is COC(=O)[C@@H](Cc1ccccc1)NC(=O)c1csc(-c2cnn(C)c2)n1. The highest BCUT2D eigenvalue weighted by Crippen LogP contribution is 2.23. The molecule has 0 aliphatic rings. The minimum Gasteiger partial charge on any atom is -0.467 e. The number of thiazole rings is 1. The molecule has 0 fully saturated rings. The van der Waals surface area contributed by atoms with Crippen LogP contribution in [0.1, 0.15) is 16.1 Å². The lowest BCUT2D eigenvalue weighted by Crippen LogP contribution is -2.43. The predicted molar refractivity (Wildman–Crippen MR) is 97.7 cm³/mol. The molecule has 3 aromatic rings. The fourth-order valence-electron chi connectivity index (χ4n) is 2.46. The van der Waals surface area contributed by atoms with Crippen LogP contribution in [-0.2, 0) is 23.0 Å². The topological polar surface area (TPSA) is 86.1 Å². The van der Waals surface area contributed by atoms with Crippen molar-refractivity contribution in [2.75, 3.05) is 7.11 Å². The van der Waals surface area contributed by atoms with Gasteiger partial charge in [-0.3, -0.25) is 9.48 Å². The van der Waals surface area contributed by atoms with E-state index in [0.29, 0.717) is 11.4 Å². The molecule has 1 aromatic carbocycles. The Kier molecular flexibility index (Phi) is 5.43. The van der Waals surface area contributed by atoms with Crippen molar-refractivity contribution in [3.63, 3.8) is 0 Å². The monoisotopic (exact) mass is 370 g/mol. The summed E-state index contributed by atoms with van der Waals surface area (Å²) in [7, 11) is 3.12. The van der Waals surface area contributed by atoms with E-state index in [-0.39, 0.29) is 5.69 Å². The van der Waals surface area contributed by atoms with E-state index in [1.807, 2.05) is 43.6 Å². The molecule has 0 saturated carbocycles. The Bertz CT molecular complexity index is 904. The number of amides is 1. The second-order valence-corrected chi connectivity index (χ2v) is 6.54. The third kappa shape index (κ3) is 4.15. The molecule has 1 atom stereocenters. The minimum atomic E-state index is -0.779. The number of carbonyl (C=O) groups is 2. The van der Waals surface area contributed by atoms with Crippen LogP contribution in [0.2, 0.25) is 0 Å². The summed E-state index contributed by atoms with van der Waals surface area (Å²) < 4.78 is 6.49. The van der Waals surface area contributed by atoms with E-state index >= 15 is 0 Å². The molecule has 26 heavy (non-hydrogen) atoms. The van der Waals surface area contributed by atoms with Gasteiger partial charge in [0.1, 0.15) is 16.7 Å². The molecular weight excluding hydrogens is 352 g/mol. The number of nitrogens with one attached hydrogen (secondary N) is 1. The Morgan fingerprint density at radius 1 is 1.31 bits per heavy atom. The normalized spacial score (nSPS) is 11.8. The third-order valence-corrected chi connectivity index (χ3v) is 4.65. The van der Waals surface area contributed by atoms with Gasteiger partial charge in [0.15, 0.2) is 0 Å². The van der Waals surface area contributed by atoms with Crippen molar-refractivity contribution in [1.82, 2.24) is 20.1 Å². The Morgan fingerprint density at radius 3 is 2.73 bits per heavy atom. The van der Waals surface area contributed by atoms with Gasteiger partial charge in [-0.15, -0.1) is 11.3 Å². The molecule has 3 rings (SSSR count). The lowest BCUT2D eigenvalue weighted by atomic mass is 10.1. The molecule has 0 saturated heterocycles. The summed E-state index contributed by atoms with van der Waals surface area (Å²) in [5.74, 6) is -0.910. The van der Waals surface area contributed by atoms with E-state index in [2.05, 4.69) is 15.4 Å². The number of hydrogen-bond donors (Lipinski definition) is 1. The van der Waals surface area contributed by atoms with Crippen LogP contribution in [0.4, 0.5) is 0 Å². The summed E-state index contributed by atoms with van der Waals surface area (Å²) in [6, 6.07) is 8.66. The van der Waals surface area contributed by atoms with Gasteiger partial charge in [0.05, 0.1) is 13.3 Å². The first-order valence-corrected chi connectivity index (χ1v) is 8.82. The van der Waals surface area contributed by atoms with Crippen molar-refractivity contribution in [2.24, 2.45) is 7.05 Å². The molecule has 0 bridgehead atoms. The number of rotatable bonds is 6. The number of benzene rings is 1. The number of aryl methyl sites for hydroxylation is 1. The first-order chi connectivity index (χ1) is 12.6. The maximum atomic E-state index is 12.5. The minimum absolute atomic E-state index is 0.260. The molecule has 0 aliphatic carbocycles. The molecule has 2 aromatic heterocycles. The maximum absolute atomic E-state index is 12.5. The van der Waals surface area contributed by atoms with Gasteiger partial charge in [0, 0.05) is 30.6 Å². The van der Waals surface area contributed by atoms with E-state index in [0.717, 1.165) is 11.1 Å². The number of hydrogen-bond acceptors (Lipinski definition) is 6. The number of esters is 1. The van der Waals surface area contributed by atoms with Crippen LogP contribution >= 0.6 is 11.3 Å². The maximum Gasteiger partial charge on any atom is 0.328 e. The van der Waals surface area contributed by atoms with Crippen molar-refractivity contribution >= 4 is 23.2 Å². The number of nitrogens with zero attached hydrogens (tertiary/aromatic N) is 3. The van der Waals surface area contributed by atoms with Gasteiger partial charge in [-0.1, -0.05) is 30.3 Å².